The second-order valence-corrected chi connectivity index (χ2v) is 6.59. The number of nitrogens with zero attached hydrogens (tertiary/aromatic N) is 2. The predicted molar refractivity (Wildman–Crippen MR) is 96.3 cm³/mol. The molecule has 1 N–H and O–H groups in total. The lowest BCUT2D eigenvalue weighted by Gasteiger charge is -2.43. The third kappa shape index (κ3) is 2.78. The van der Waals surface area contributed by atoms with Gasteiger partial charge < -0.3 is 10.2 Å². The number of hydrogen-bond acceptors (Lipinski definition) is 3. The van der Waals surface area contributed by atoms with Gasteiger partial charge in [-0.2, -0.15) is 0 Å². The fourth-order valence-corrected chi connectivity index (χ4v) is 4.04. The average molecular weight is 321 g/mol. The van der Waals surface area contributed by atoms with E-state index in [0.717, 1.165) is 39.0 Å². The average Bonchev–Trinajstić information content (AvgIpc) is 2.76. The SMILES string of the molecule is O=CNCCN1CCN2c3ccccc3Cc3ccccc3[C@@H]2C1. The van der Waals surface area contributed by atoms with Gasteiger partial charge in [-0.3, -0.25) is 9.69 Å². The zero-order valence-electron chi connectivity index (χ0n) is 13.8. The summed E-state index contributed by atoms with van der Waals surface area (Å²) in [5.41, 5.74) is 5.68. The molecule has 2 aromatic rings. The number of anilines is 1. The first-order valence-corrected chi connectivity index (χ1v) is 8.68. The first-order valence-electron chi connectivity index (χ1n) is 8.68. The molecule has 124 valence electrons. The molecule has 4 heteroatoms. The van der Waals surface area contributed by atoms with Gasteiger partial charge >= 0.3 is 0 Å². The largest absolute Gasteiger partial charge is 0.362 e. The van der Waals surface area contributed by atoms with E-state index >= 15 is 0 Å². The molecule has 1 fully saturated rings. The van der Waals surface area contributed by atoms with E-state index in [9.17, 15) is 4.79 Å². The van der Waals surface area contributed by atoms with Crippen LogP contribution in [0.1, 0.15) is 22.7 Å². The summed E-state index contributed by atoms with van der Waals surface area (Å²) in [6, 6.07) is 18.0. The maximum Gasteiger partial charge on any atom is 0.207 e. The van der Waals surface area contributed by atoms with E-state index in [1.807, 2.05) is 0 Å². The molecular formula is C20H23N3O. The minimum atomic E-state index is 0.384. The van der Waals surface area contributed by atoms with E-state index in [1.165, 1.54) is 22.4 Å². The Bertz CT molecular complexity index is 730. The Hall–Kier alpha value is -2.33. The topological polar surface area (TPSA) is 35.6 Å². The molecule has 0 unspecified atom stereocenters. The van der Waals surface area contributed by atoms with Gasteiger partial charge in [-0.1, -0.05) is 42.5 Å². The van der Waals surface area contributed by atoms with E-state index in [2.05, 4.69) is 63.6 Å². The summed E-state index contributed by atoms with van der Waals surface area (Å²) in [4.78, 5) is 15.5. The fraction of sp³-hybridized carbons (Fsp3) is 0.350. The number of benzene rings is 2. The Labute approximate surface area is 143 Å². The standard InChI is InChI=1S/C20H23N3O/c24-15-21-9-10-22-11-12-23-19-8-4-2-6-17(19)13-16-5-1-3-7-18(16)20(23)14-22/h1-8,15,20H,9-14H2,(H,21,24)/t20-/m0/s1. The van der Waals surface area contributed by atoms with Crippen molar-refractivity contribution < 1.29 is 4.79 Å². The zero-order chi connectivity index (χ0) is 16.4. The number of para-hydroxylation sites is 1. The Balaban J connectivity index is 1.67. The van der Waals surface area contributed by atoms with E-state index in [0.29, 0.717) is 12.6 Å². The van der Waals surface area contributed by atoms with Crippen molar-refractivity contribution in [3.05, 3.63) is 65.2 Å². The molecule has 2 aromatic carbocycles. The molecule has 0 saturated carbocycles. The molecule has 2 heterocycles. The molecule has 0 aromatic heterocycles. The van der Waals surface area contributed by atoms with Crippen LogP contribution in [0.2, 0.25) is 0 Å². The monoisotopic (exact) mass is 321 g/mol. The minimum Gasteiger partial charge on any atom is -0.362 e. The predicted octanol–water partition coefficient (Wildman–Crippen LogP) is 2.20. The van der Waals surface area contributed by atoms with Crippen LogP contribution in [0, 0.1) is 0 Å². The molecule has 0 spiro atoms. The minimum absolute atomic E-state index is 0.384. The summed E-state index contributed by atoms with van der Waals surface area (Å²) in [6.07, 6.45) is 1.79. The number of fused-ring (bicyclic) bond motifs is 5. The van der Waals surface area contributed by atoms with Gasteiger partial charge in [0.05, 0.1) is 6.04 Å². The van der Waals surface area contributed by atoms with Gasteiger partial charge in [0.25, 0.3) is 0 Å². The van der Waals surface area contributed by atoms with Crippen molar-refractivity contribution in [2.24, 2.45) is 0 Å². The molecule has 4 nitrogen and oxygen atoms in total. The molecule has 4 rings (SSSR count). The highest BCUT2D eigenvalue weighted by Crippen LogP contribution is 2.38. The van der Waals surface area contributed by atoms with Crippen LogP contribution in [0.4, 0.5) is 5.69 Å². The van der Waals surface area contributed by atoms with Crippen molar-refractivity contribution in [2.75, 3.05) is 37.6 Å². The lowest BCUT2D eigenvalue weighted by molar-refractivity contribution is -0.109. The van der Waals surface area contributed by atoms with Crippen molar-refractivity contribution >= 4 is 12.1 Å². The maximum atomic E-state index is 10.5. The summed E-state index contributed by atoms with van der Waals surface area (Å²) in [6.45, 7) is 4.69. The highest BCUT2D eigenvalue weighted by molar-refractivity contribution is 5.60. The smallest absolute Gasteiger partial charge is 0.207 e. The van der Waals surface area contributed by atoms with Gasteiger partial charge in [0, 0.05) is 38.4 Å². The molecule has 0 radical (unpaired) electrons. The van der Waals surface area contributed by atoms with Crippen molar-refractivity contribution in [2.45, 2.75) is 12.5 Å². The Morgan fingerprint density at radius 3 is 2.71 bits per heavy atom. The summed E-state index contributed by atoms with van der Waals surface area (Å²) >= 11 is 0. The van der Waals surface area contributed by atoms with Crippen LogP contribution in [0.25, 0.3) is 0 Å². The molecule has 24 heavy (non-hydrogen) atoms. The number of amides is 1. The Kier molecular flexibility index (Phi) is 4.22. The third-order valence-electron chi connectivity index (χ3n) is 5.22. The van der Waals surface area contributed by atoms with Crippen molar-refractivity contribution in [3.8, 4) is 0 Å². The number of nitrogens with one attached hydrogen (secondary N) is 1. The van der Waals surface area contributed by atoms with Crippen LogP contribution >= 0.6 is 0 Å². The number of carbonyl (C=O) groups is 1. The van der Waals surface area contributed by atoms with Crippen LogP contribution < -0.4 is 10.2 Å². The molecule has 0 aliphatic carbocycles. The molecule has 1 atom stereocenters. The quantitative estimate of drug-likeness (QED) is 0.693. The van der Waals surface area contributed by atoms with Crippen LogP contribution in [-0.2, 0) is 11.2 Å². The zero-order valence-corrected chi connectivity index (χ0v) is 13.8. The van der Waals surface area contributed by atoms with Gasteiger partial charge in [-0.05, 0) is 29.2 Å². The molecule has 1 saturated heterocycles. The Morgan fingerprint density at radius 2 is 1.83 bits per heavy atom. The van der Waals surface area contributed by atoms with Gasteiger partial charge in [-0.25, -0.2) is 0 Å². The van der Waals surface area contributed by atoms with Crippen molar-refractivity contribution in [1.29, 1.82) is 0 Å². The lowest BCUT2D eigenvalue weighted by atomic mass is 9.96. The van der Waals surface area contributed by atoms with E-state index in [1.54, 1.807) is 0 Å². The second kappa shape index (κ2) is 6.65. The van der Waals surface area contributed by atoms with Crippen LogP contribution in [0.3, 0.4) is 0 Å². The van der Waals surface area contributed by atoms with Crippen LogP contribution in [0.5, 0.6) is 0 Å². The third-order valence-corrected chi connectivity index (χ3v) is 5.22. The lowest BCUT2D eigenvalue weighted by Crippen LogP contribution is -2.50. The molecule has 0 bridgehead atoms. The molecule has 2 aliphatic heterocycles. The summed E-state index contributed by atoms with van der Waals surface area (Å²) in [5.74, 6) is 0. The molecule has 2 aliphatic rings. The van der Waals surface area contributed by atoms with Gasteiger partial charge in [0.15, 0.2) is 0 Å². The van der Waals surface area contributed by atoms with Crippen molar-refractivity contribution in [3.63, 3.8) is 0 Å². The molecular weight excluding hydrogens is 298 g/mol. The number of carbonyl (C=O) groups excluding carboxylic acids is 1. The van der Waals surface area contributed by atoms with E-state index < -0.39 is 0 Å². The molecule has 1 amide bonds. The normalized spacial score (nSPS) is 19.7. The van der Waals surface area contributed by atoms with E-state index in [-0.39, 0.29) is 0 Å². The number of piperazine rings is 1. The first kappa shape index (κ1) is 15.2. The summed E-state index contributed by atoms with van der Waals surface area (Å²) < 4.78 is 0. The van der Waals surface area contributed by atoms with Crippen LogP contribution in [0.15, 0.2) is 48.5 Å². The van der Waals surface area contributed by atoms with Gasteiger partial charge in [0.1, 0.15) is 0 Å². The summed E-state index contributed by atoms with van der Waals surface area (Å²) in [7, 11) is 0. The number of hydrogen-bond donors (Lipinski definition) is 1. The van der Waals surface area contributed by atoms with Crippen molar-refractivity contribution in [1.82, 2.24) is 10.2 Å². The van der Waals surface area contributed by atoms with E-state index in [4.69, 9.17) is 0 Å². The number of rotatable bonds is 4. The fourth-order valence-electron chi connectivity index (χ4n) is 4.04. The second-order valence-electron chi connectivity index (χ2n) is 6.59. The highest BCUT2D eigenvalue weighted by atomic mass is 16.1. The van der Waals surface area contributed by atoms with Gasteiger partial charge in [0.2, 0.25) is 6.41 Å². The summed E-state index contributed by atoms with van der Waals surface area (Å²) in [5, 5.41) is 2.78. The van der Waals surface area contributed by atoms with Gasteiger partial charge in [-0.15, -0.1) is 0 Å². The maximum absolute atomic E-state index is 10.5. The highest BCUT2D eigenvalue weighted by Gasteiger charge is 2.32. The van der Waals surface area contributed by atoms with Crippen LogP contribution in [-0.4, -0.2) is 44.0 Å². The first-order chi connectivity index (χ1) is 11.9. The Morgan fingerprint density at radius 1 is 1.04 bits per heavy atom.